The Morgan fingerprint density at radius 1 is 0.955 bits per heavy atom. The lowest BCUT2D eigenvalue weighted by Gasteiger charge is -2.53. The van der Waals surface area contributed by atoms with Crippen LogP contribution in [0.1, 0.15) is 108 Å². The van der Waals surface area contributed by atoms with E-state index in [1.54, 1.807) is 74.6 Å². The molecule has 0 saturated carbocycles. The van der Waals surface area contributed by atoms with E-state index in [4.69, 9.17) is 38.3 Å². The maximum absolute atomic E-state index is 14.6. The predicted octanol–water partition coefficient (Wildman–Crippen LogP) is 2.75. The molecule has 18 atom stereocenters. The number of aliphatic hydroxyl groups excluding tert-OH is 2. The van der Waals surface area contributed by atoms with Crippen molar-refractivity contribution < 1.29 is 71.9 Å². The number of anilines is 1. The molecule has 3 aliphatic heterocycles. The number of carbonyl (C=O) groups excluding carboxylic acids is 1. The molecular weight excluding hydrogens is 893 g/mol. The van der Waals surface area contributed by atoms with Gasteiger partial charge < -0.3 is 64.0 Å². The summed E-state index contributed by atoms with van der Waals surface area (Å²) in [5, 5.41) is 69.7. The molecule has 3 fully saturated rings. The number of cyclic esters (lactones) is 1. The topological polar surface area (TPSA) is 261 Å². The van der Waals surface area contributed by atoms with Gasteiger partial charge in [0.1, 0.15) is 40.9 Å². The van der Waals surface area contributed by atoms with Crippen molar-refractivity contribution in [3.63, 3.8) is 0 Å². The fourth-order valence-electron chi connectivity index (χ4n) is 10.6. The number of carbonyl (C=O) groups is 1. The molecule has 20 heteroatoms. The molecule has 0 aromatic heterocycles. The molecule has 388 valence electrons. The number of hydrogen-bond acceptors (Lipinski definition) is 17. The van der Waals surface area contributed by atoms with Crippen LogP contribution in [0.2, 0.25) is 0 Å². The summed E-state index contributed by atoms with van der Waals surface area (Å²) in [7, 11) is 0.0530. The minimum Gasteiger partial charge on any atom is -0.497 e. The minimum absolute atomic E-state index is 0.0132. The Hall–Kier alpha value is -2.28. The van der Waals surface area contributed by atoms with Crippen LogP contribution in [0.25, 0.3) is 0 Å². The summed E-state index contributed by atoms with van der Waals surface area (Å²) < 4.78 is 69.8. The van der Waals surface area contributed by atoms with Gasteiger partial charge in [-0.25, -0.2) is 5.14 Å². The van der Waals surface area contributed by atoms with E-state index in [2.05, 4.69) is 5.32 Å². The molecule has 19 nitrogen and oxygen atoms in total. The van der Waals surface area contributed by atoms with Gasteiger partial charge in [-0.05, 0) is 111 Å². The Bertz CT molecular complexity index is 1850. The van der Waals surface area contributed by atoms with E-state index >= 15 is 0 Å². The van der Waals surface area contributed by atoms with E-state index < -0.39 is 118 Å². The summed E-state index contributed by atoms with van der Waals surface area (Å²) in [4.78, 5) is 16.7. The van der Waals surface area contributed by atoms with Gasteiger partial charge in [0.25, 0.3) is 10.2 Å². The molecule has 10 unspecified atom stereocenters. The summed E-state index contributed by atoms with van der Waals surface area (Å²) in [6.45, 7) is 19.9. The Labute approximate surface area is 399 Å². The molecule has 0 aliphatic carbocycles. The van der Waals surface area contributed by atoms with Crippen LogP contribution in [0.4, 0.5) is 5.69 Å². The van der Waals surface area contributed by atoms with E-state index in [1.165, 1.54) is 21.1 Å². The first-order valence-corrected chi connectivity index (χ1v) is 25.3. The van der Waals surface area contributed by atoms with Crippen molar-refractivity contribution in [2.75, 3.05) is 46.2 Å². The second-order valence-corrected chi connectivity index (χ2v) is 21.8. The van der Waals surface area contributed by atoms with Gasteiger partial charge in [0.15, 0.2) is 12.6 Å². The van der Waals surface area contributed by atoms with Crippen molar-refractivity contribution in [2.45, 2.75) is 198 Å². The van der Waals surface area contributed by atoms with E-state index in [0.29, 0.717) is 18.8 Å². The maximum atomic E-state index is 14.6. The highest BCUT2D eigenvalue weighted by atomic mass is 32.2. The Morgan fingerprint density at radius 3 is 2.13 bits per heavy atom. The van der Waals surface area contributed by atoms with Gasteiger partial charge in [-0.2, -0.15) is 12.7 Å². The number of nitrogens with two attached hydrogens (primary N) is 1. The minimum atomic E-state index is -4.26. The highest BCUT2D eigenvalue weighted by Gasteiger charge is 2.59. The number of nitrogens with zero attached hydrogens (tertiary/aromatic N) is 2. The monoisotopic (exact) mass is 977 g/mol. The van der Waals surface area contributed by atoms with Gasteiger partial charge in [0.2, 0.25) is 0 Å². The van der Waals surface area contributed by atoms with Gasteiger partial charge in [0, 0.05) is 51.3 Å². The van der Waals surface area contributed by atoms with Crippen molar-refractivity contribution in [1.82, 2.24) is 9.21 Å². The van der Waals surface area contributed by atoms with E-state index in [9.17, 15) is 38.7 Å². The molecule has 3 saturated heterocycles. The Morgan fingerprint density at radius 2 is 1.58 bits per heavy atom. The van der Waals surface area contributed by atoms with Crippen LogP contribution in [0.3, 0.4) is 0 Å². The van der Waals surface area contributed by atoms with Crippen LogP contribution in [0.5, 0.6) is 5.75 Å². The molecule has 0 bridgehead atoms. The number of nitrogens with one attached hydrogen (secondary N) is 1. The Balaban J connectivity index is 1.83. The number of likely N-dealkylation sites (N-methyl/N-ethyl adjacent to an activating group) is 1. The van der Waals surface area contributed by atoms with Gasteiger partial charge in [-0.3, -0.25) is 9.69 Å². The quantitative estimate of drug-likeness (QED) is 0.132. The van der Waals surface area contributed by atoms with Gasteiger partial charge in [-0.1, -0.05) is 27.7 Å². The van der Waals surface area contributed by atoms with Crippen molar-refractivity contribution in [2.24, 2.45) is 22.9 Å². The number of methoxy groups -OCH3 is 2. The van der Waals surface area contributed by atoms with Crippen LogP contribution in [0, 0.1) is 17.8 Å². The average Bonchev–Trinajstić information content (AvgIpc) is 3.26. The first-order valence-electron chi connectivity index (χ1n) is 23.8. The summed E-state index contributed by atoms with van der Waals surface area (Å²) in [6.07, 6.45) is -9.73. The van der Waals surface area contributed by atoms with Gasteiger partial charge in [0.05, 0.1) is 49.1 Å². The van der Waals surface area contributed by atoms with E-state index in [0.717, 1.165) is 16.4 Å². The first kappa shape index (κ1) is 57.3. The third kappa shape index (κ3) is 13.0. The largest absolute Gasteiger partial charge is 0.497 e. The second-order valence-electron chi connectivity index (χ2n) is 20.2. The molecule has 4 rings (SSSR count). The zero-order valence-electron chi connectivity index (χ0n) is 42.2. The van der Waals surface area contributed by atoms with Gasteiger partial charge >= 0.3 is 5.97 Å². The third-order valence-corrected chi connectivity index (χ3v) is 16.0. The molecule has 0 amide bonds. The van der Waals surface area contributed by atoms with Crippen LogP contribution in [0.15, 0.2) is 24.3 Å². The van der Waals surface area contributed by atoms with Crippen molar-refractivity contribution in [3.8, 4) is 5.75 Å². The zero-order chi connectivity index (χ0) is 50.6. The molecule has 8 N–H and O–H groups in total. The number of benzene rings is 1. The summed E-state index contributed by atoms with van der Waals surface area (Å²) in [5.41, 5.74) is -5.86. The fourth-order valence-corrected chi connectivity index (χ4v) is 11.1. The smallest absolute Gasteiger partial charge is 0.311 e. The summed E-state index contributed by atoms with van der Waals surface area (Å²) in [6, 6.07) is 5.56. The molecule has 0 radical (unpaired) electrons. The van der Waals surface area contributed by atoms with Crippen LogP contribution in [-0.2, 0) is 43.4 Å². The van der Waals surface area contributed by atoms with Crippen LogP contribution in [-0.4, -0.2) is 180 Å². The lowest BCUT2D eigenvalue weighted by molar-refractivity contribution is -0.334. The second kappa shape index (κ2) is 22.9. The highest BCUT2D eigenvalue weighted by Crippen LogP contribution is 2.44. The van der Waals surface area contributed by atoms with Crippen molar-refractivity contribution in [3.05, 3.63) is 24.3 Å². The highest BCUT2D eigenvalue weighted by molar-refractivity contribution is 7.86. The number of hydrogen-bond donors (Lipinski definition) is 7. The molecule has 0 spiro atoms. The average molecular weight is 977 g/mol. The summed E-state index contributed by atoms with van der Waals surface area (Å²) in [5.74, 6) is -2.51. The molecular formula is C47H84N4O15S. The zero-order valence-corrected chi connectivity index (χ0v) is 43.1. The molecule has 3 heterocycles. The number of ether oxygens (including phenoxy) is 7. The molecule has 67 heavy (non-hydrogen) atoms. The normalized spacial score (nSPS) is 42.4. The van der Waals surface area contributed by atoms with Crippen LogP contribution < -0.4 is 15.2 Å². The standard InChI is InChI=1S/C47H84N4O15S/c1-15-21-51-25-27(3)23-44(9,55)41(66-43-38(52)35(22-28(4)62-43)50(12)67(48,58)59)29(5)39(30(6)42(54)64-36(16-2)46(11,56)40(53)31(51)7)65-37-24-45(10,61-14)47(57,32(8)63-37)26-49-33-17-19-34(60-13)20-18-33/h17-20,27-32,35-41,43,49,52-53,55-57H,15-16,21-26H2,1-14H3,(H2,48,58,59)/t27?,28-,29?,30?,31?,32+,35+,36?,37+,38-,39?,40?,41?,43+,44?,45-,46?,47+/m1/s1. The Kier molecular flexibility index (Phi) is 19.5. The molecule has 1 aromatic carbocycles. The van der Waals surface area contributed by atoms with Crippen molar-refractivity contribution in [1.29, 1.82) is 0 Å². The lowest BCUT2D eigenvalue weighted by Crippen LogP contribution is -2.69. The number of rotatable bonds is 14. The van der Waals surface area contributed by atoms with Gasteiger partial charge in [-0.15, -0.1) is 0 Å². The van der Waals surface area contributed by atoms with Crippen molar-refractivity contribution >= 4 is 21.9 Å². The first-order chi connectivity index (χ1) is 31.0. The lowest BCUT2D eigenvalue weighted by atomic mass is 9.75. The van der Waals surface area contributed by atoms with E-state index in [-0.39, 0.29) is 38.1 Å². The number of esters is 1. The van der Waals surface area contributed by atoms with E-state index in [1.807, 2.05) is 30.9 Å². The summed E-state index contributed by atoms with van der Waals surface area (Å²) >= 11 is 0. The van der Waals surface area contributed by atoms with Crippen LogP contribution >= 0.6 is 0 Å². The predicted molar refractivity (Wildman–Crippen MR) is 251 cm³/mol. The molecule has 3 aliphatic rings. The fraction of sp³-hybridized carbons (Fsp3) is 0.851. The number of aliphatic hydroxyl groups is 5. The maximum Gasteiger partial charge on any atom is 0.311 e. The molecule has 1 aromatic rings. The third-order valence-electron chi connectivity index (χ3n) is 14.9. The SMILES string of the molecule is CCCN1CC(C)CC(C)(O)C(O[C@@H]2O[C@H](C)C[C@H](N(C)S(N)(=O)=O)[C@H]2O)C(C)C(O[C@H]2C[C@@](C)(OC)[C@](O)(CNc3ccc(OC)cc3)[C@H](C)O2)C(C)C(=O)OC(CC)C(C)(O)C(O)C1C.